The van der Waals surface area contributed by atoms with Crippen LogP contribution in [0.5, 0.6) is 5.75 Å². The van der Waals surface area contributed by atoms with Crippen LogP contribution in [0.1, 0.15) is 25.0 Å². The van der Waals surface area contributed by atoms with Gasteiger partial charge in [-0.2, -0.15) is 0 Å². The molecule has 0 spiro atoms. The van der Waals surface area contributed by atoms with Crippen LogP contribution in [0.15, 0.2) is 17.1 Å². The number of aryl methyl sites for hydroxylation is 1. The first kappa shape index (κ1) is 16.1. The molecule has 0 saturated carbocycles. The van der Waals surface area contributed by atoms with Gasteiger partial charge < -0.3 is 14.8 Å². The molecule has 1 atom stereocenters. The molecule has 1 amide bonds. The van der Waals surface area contributed by atoms with Crippen molar-refractivity contribution >= 4 is 17.6 Å². The second-order valence-corrected chi connectivity index (χ2v) is 5.18. The number of nitrogens with one attached hydrogen (secondary N) is 2. The summed E-state index contributed by atoms with van der Waals surface area (Å²) in [7, 11) is 0. The highest BCUT2D eigenvalue weighted by molar-refractivity contribution is 5.88. The standard InChI is InChI=1S/C16H23N3O3/c1-5-21-16(20)19-13-7-6-10(2)14(11(13)3)22-12(4)15-17-8-9-18-15/h6-7,12H,5,8-9H2,1-4H3,(H,17,18)(H,19,20). The van der Waals surface area contributed by atoms with Crippen LogP contribution in [0.4, 0.5) is 10.5 Å². The van der Waals surface area contributed by atoms with Gasteiger partial charge in [0.25, 0.3) is 0 Å². The largest absolute Gasteiger partial charge is 0.482 e. The van der Waals surface area contributed by atoms with Crippen LogP contribution in [0.2, 0.25) is 0 Å². The summed E-state index contributed by atoms with van der Waals surface area (Å²) in [5, 5.41) is 5.95. The van der Waals surface area contributed by atoms with Crippen molar-refractivity contribution in [2.24, 2.45) is 4.99 Å². The van der Waals surface area contributed by atoms with Crippen LogP contribution in [0, 0.1) is 13.8 Å². The minimum atomic E-state index is -0.463. The van der Waals surface area contributed by atoms with E-state index < -0.39 is 6.09 Å². The molecule has 1 unspecified atom stereocenters. The number of carbonyl (C=O) groups excluding carboxylic acids is 1. The summed E-state index contributed by atoms with van der Waals surface area (Å²) in [5.41, 5.74) is 2.57. The van der Waals surface area contributed by atoms with Gasteiger partial charge in [0.15, 0.2) is 6.10 Å². The van der Waals surface area contributed by atoms with Gasteiger partial charge in [-0.1, -0.05) is 6.07 Å². The molecule has 1 aromatic rings. The third-order valence-electron chi connectivity index (χ3n) is 3.49. The second-order valence-electron chi connectivity index (χ2n) is 5.18. The van der Waals surface area contributed by atoms with Crippen molar-refractivity contribution in [3.63, 3.8) is 0 Å². The van der Waals surface area contributed by atoms with Crippen LogP contribution in [-0.4, -0.2) is 37.7 Å². The van der Waals surface area contributed by atoms with Crippen molar-refractivity contribution in [1.29, 1.82) is 0 Å². The van der Waals surface area contributed by atoms with Gasteiger partial charge >= 0.3 is 6.09 Å². The van der Waals surface area contributed by atoms with Crippen molar-refractivity contribution in [3.05, 3.63) is 23.3 Å². The summed E-state index contributed by atoms with van der Waals surface area (Å²) >= 11 is 0. The lowest BCUT2D eigenvalue weighted by Gasteiger charge is -2.20. The Morgan fingerprint density at radius 1 is 1.45 bits per heavy atom. The highest BCUT2D eigenvalue weighted by atomic mass is 16.5. The highest BCUT2D eigenvalue weighted by Crippen LogP contribution is 2.30. The maximum atomic E-state index is 11.6. The van der Waals surface area contributed by atoms with E-state index >= 15 is 0 Å². The first-order valence-corrected chi connectivity index (χ1v) is 7.51. The zero-order valence-corrected chi connectivity index (χ0v) is 13.5. The van der Waals surface area contributed by atoms with Crippen molar-refractivity contribution < 1.29 is 14.3 Å². The topological polar surface area (TPSA) is 72.0 Å². The fourth-order valence-electron chi connectivity index (χ4n) is 2.34. The van der Waals surface area contributed by atoms with Crippen molar-refractivity contribution in [3.8, 4) is 5.75 Å². The number of aliphatic imine (C=N–C) groups is 1. The molecule has 120 valence electrons. The van der Waals surface area contributed by atoms with E-state index in [-0.39, 0.29) is 6.10 Å². The number of nitrogens with zero attached hydrogens (tertiary/aromatic N) is 1. The fraction of sp³-hybridized carbons (Fsp3) is 0.500. The van der Waals surface area contributed by atoms with Gasteiger partial charge in [-0.15, -0.1) is 0 Å². The van der Waals surface area contributed by atoms with E-state index in [1.165, 1.54) is 0 Å². The molecule has 1 aromatic carbocycles. The lowest BCUT2D eigenvalue weighted by atomic mass is 10.1. The van der Waals surface area contributed by atoms with Crippen LogP contribution in [-0.2, 0) is 4.74 Å². The number of benzene rings is 1. The van der Waals surface area contributed by atoms with Crippen molar-refractivity contribution in [1.82, 2.24) is 5.32 Å². The summed E-state index contributed by atoms with van der Waals surface area (Å²) in [6.07, 6.45) is -0.618. The van der Waals surface area contributed by atoms with Crippen LogP contribution in [0.25, 0.3) is 0 Å². The quantitative estimate of drug-likeness (QED) is 0.877. The molecule has 22 heavy (non-hydrogen) atoms. The first-order chi connectivity index (χ1) is 10.5. The Hall–Kier alpha value is -2.24. The van der Waals surface area contributed by atoms with Gasteiger partial charge in [0, 0.05) is 12.1 Å². The Morgan fingerprint density at radius 2 is 2.23 bits per heavy atom. The SMILES string of the molecule is CCOC(=O)Nc1ccc(C)c(OC(C)C2=NCCN2)c1C. The number of anilines is 1. The second kappa shape index (κ2) is 7.15. The molecule has 6 heteroatoms. The summed E-state index contributed by atoms with van der Waals surface area (Å²) < 4.78 is 11.0. The minimum absolute atomic E-state index is 0.155. The monoisotopic (exact) mass is 305 g/mol. The van der Waals surface area contributed by atoms with E-state index in [2.05, 4.69) is 15.6 Å². The van der Waals surface area contributed by atoms with Gasteiger partial charge in [-0.05, 0) is 39.3 Å². The number of hydrogen-bond donors (Lipinski definition) is 2. The zero-order valence-electron chi connectivity index (χ0n) is 13.5. The Bertz CT molecular complexity index is 584. The molecule has 1 heterocycles. The number of amides is 1. The molecule has 2 rings (SSSR count). The molecule has 1 aliphatic rings. The third-order valence-corrected chi connectivity index (χ3v) is 3.49. The number of amidine groups is 1. The lowest BCUT2D eigenvalue weighted by molar-refractivity contribution is 0.168. The van der Waals surface area contributed by atoms with Crippen molar-refractivity contribution in [2.45, 2.75) is 33.8 Å². The van der Waals surface area contributed by atoms with Gasteiger partial charge in [-0.25, -0.2) is 4.79 Å². The predicted molar refractivity (Wildman–Crippen MR) is 87.0 cm³/mol. The van der Waals surface area contributed by atoms with E-state index in [1.54, 1.807) is 6.92 Å². The normalized spacial score (nSPS) is 14.8. The maximum absolute atomic E-state index is 11.6. The molecule has 0 aromatic heterocycles. The Balaban J connectivity index is 2.17. The molecule has 6 nitrogen and oxygen atoms in total. The highest BCUT2D eigenvalue weighted by Gasteiger charge is 2.19. The predicted octanol–water partition coefficient (Wildman–Crippen LogP) is 2.64. The third kappa shape index (κ3) is 3.69. The molecule has 0 aliphatic carbocycles. The summed E-state index contributed by atoms with van der Waals surface area (Å²) in [5.74, 6) is 1.63. The first-order valence-electron chi connectivity index (χ1n) is 7.51. The summed E-state index contributed by atoms with van der Waals surface area (Å²) in [6, 6.07) is 3.77. The molecule has 1 aliphatic heterocycles. The van der Waals surface area contributed by atoms with E-state index in [0.29, 0.717) is 12.3 Å². The van der Waals surface area contributed by atoms with Gasteiger partial charge in [-0.3, -0.25) is 10.3 Å². The van der Waals surface area contributed by atoms with E-state index in [0.717, 1.165) is 35.8 Å². The Kier molecular flexibility index (Phi) is 5.25. The Morgan fingerprint density at radius 3 is 2.86 bits per heavy atom. The fourth-order valence-corrected chi connectivity index (χ4v) is 2.34. The molecular weight excluding hydrogens is 282 g/mol. The van der Waals surface area contributed by atoms with Gasteiger partial charge in [0.2, 0.25) is 0 Å². The van der Waals surface area contributed by atoms with Crippen LogP contribution in [0.3, 0.4) is 0 Å². The van der Waals surface area contributed by atoms with Crippen molar-refractivity contribution in [2.75, 3.05) is 25.0 Å². The number of rotatable bonds is 5. The lowest BCUT2D eigenvalue weighted by Crippen LogP contribution is -2.33. The average molecular weight is 305 g/mol. The smallest absolute Gasteiger partial charge is 0.411 e. The van der Waals surface area contributed by atoms with E-state index in [4.69, 9.17) is 9.47 Å². The van der Waals surface area contributed by atoms with Gasteiger partial charge in [0.05, 0.1) is 18.8 Å². The number of hydrogen-bond acceptors (Lipinski definition) is 5. The molecule has 0 saturated heterocycles. The minimum Gasteiger partial charge on any atom is -0.482 e. The zero-order chi connectivity index (χ0) is 16.1. The van der Waals surface area contributed by atoms with E-state index in [1.807, 2.05) is 32.9 Å². The van der Waals surface area contributed by atoms with Gasteiger partial charge in [0.1, 0.15) is 11.6 Å². The molecule has 0 fully saturated rings. The van der Waals surface area contributed by atoms with Crippen LogP contribution < -0.4 is 15.4 Å². The molecule has 0 bridgehead atoms. The average Bonchev–Trinajstić information content (AvgIpc) is 3.01. The van der Waals surface area contributed by atoms with E-state index in [9.17, 15) is 4.79 Å². The molecule has 0 radical (unpaired) electrons. The number of ether oxygens (including phenoxy) is 2. The molecular formula is C16H23N3O3. The Labute approximate surface area is 130 Å². The van der Waals surface area contributed by atoms with Crippen LogP contribution >= 0.6 is 0 Å². The summed E-state index contributed by atoms with van der Waals surface area (Å²) in [6.45, 7) is 9.60. The molecule has 2 N–H and O–H groups in total. The number of carbonyl (C=O) groups is 1. The maximum Gasteiger partial charge on any atom is 0.411 e. The summed E-state index contributed by atoms with van der Waals surface area (Å²) in [4.78, 5) is 16.0.